The molecule has 0 saturated heterocycles. The number of benzene rings is 1. The van der Waals surface area contributed by atoms with Gasteiger partial charge in [0, 0.05) is 5.92 Å². The first-order valence-electron chi connectivity index (χ1n) is 5.20. The minimum atomic E-state index is -0.553. The van der Waals surface area contributed by atoms with Crippen molar-refractivity contribution in [2.24, 2.45) is 5.92 Å². The molecule has 1 aromatic carbocycles. The highest BCUT2D eigenvalue weighted by molar-refractivity contribution is 5.33. The zero-order valence-corrected chi connectivity index (χ0v) is 8.94. The van der Waals surface area contributed by atoms with Gasteiger partial charge in [-0.15, -0.1) is 0 Å². The Morgan fingerprint density at radius 3 is 2.40 bits per heavy atom. The van der Waals surface area contributed by atoms with Gasteiger partial charge in [-0.05, 0) is 24.0 Å². The summed E-state index contributed by atoms with van der Waals surface area (Å²) in [7, 11) is 1.55. The molecule has 1 aromatic rings. The third kappa shape index (κ3) is 1.90. The van der Waals surface area contributed by atoms with Crippen LogP contribution in [0.5, 0.6) is 0 Å². The fraction of sp³-hybridized carbons (Fsp3) is 0.385. The zero-order chi connectivity index (χ0) is 10.8. The largest absolute Gasteiger partial charge is 0.499 e. The van der Waals surface area contributed by atoms with E-state index in [1.807, 2.05) is 12.1 Å². The number of hydrogen-bond donors (Lipinski definition) is 1. The molecule has 0 bridgehead atoms. The van der Waals surface area contributed by atoms with Crippen LogP contribution >= 0.6 is 0 Å². The number of hydrogen-bond acceptors (Lipinski definition) is 2. The Kier molecular flexibility index (Phi) is 2.78. The van der Waals surface area contributed by atoms with Gasteiger partial charge in [-0.1, -0.05) is 30.8 Å². The molecule has 0 heterocycles. The summed E-state index contributed by atoms with van der Waals surface area (Å²) in [6, 6.07) is 8.33. The lowest BCUT2D eigenvalue weighted by Crippen LogP contribution is -2.23. The molecule has 1 N–H and O–H groups in total. The van der Waals surface area contributed by atoms with Gasteiger partial charge in [0.1, 0.15) is 11.9 Å². The van der Waals surface area contributed by atoms with Gasteiger partial charge in [0.2, 0.25) is 0 Å². The first-order chi connectivity index (χ1) is 7.22. The highest BCUT2D eigenvalue weighted by Crippen LogP contribution is 2.30. The van der Waals surface area contributed by atoms with Crippen LogP contribution in [0.1, 0.15) is 11.1 Å². The van der Waals surface area contributed by atoms with Crippen molar-refractivity contribution in [2.75, 3.05) is 7.11 Å². The zero-order valence-electron chi connectivity index (χ0n) is 8.94. The number of fused-ring (bicyclic) bond motifs is 1. The first-order valence-corrected chi connectivity index (χ1v) is 5.20. The third-order valence-electron chi connectivity index (χ3n) is 3.12. The fourth-order valence-electron chi connectivity index (χ4n) is 2.20. The third-order valence-corrected chi connectivity index (χ3v) is 3.12. The standard InChI is InChI=1S/C13H16O2/c1-9(15-2)13(14)12-7-10-5-3-4-6-11(10)8-12/h3-6,12-14H,1,7-8H2,2H3. The van der Waals surface area contributed by atoms with Crippen molar-refractivity contribution in [2.45, 2.75) is 18.9 Å². The van der Waals surface area contributed by atoms with E-state index >= 15 is 0 Å². The summed E-state index contributed by atoms with van der Waals surface area (Å²) < 4.78 is 4.98. The van der Waals surface area contributed by atoms with Crippen molar-refractivity contribution in [3.63, 3.8) is 0 Å². The molecule has 1 aliphatic carbocycles. The maximum atomic E-state index is 9.97. The topological polar surface area (TPSA) is 29.5 Å². The molecule has 0 saturated carbocycles. The Balaban J connectivity index is 2.10. The lowest BCUT2D eigenvalue weighted by molar-refractivity contribution is 0.0844. The predicted molar refractivity (Wildman–Crippen MR) is 59.5 cm³/mol. The summed E-state index contributed by atoms with van der Waals surface area (Å²) in [5.74, 6) is 0.683. The molecule has 80 valence electrons. The van der Waals surface area contributed by atoms with Crippen LogP contribution in [0.3, 0.4) is 0 Å². The van der Waals surface area contributed by atoms with E-state index in [0.29, 0.717) is 5.76 Å². The van der Waals surface area contributed by atoms with Crippen molar-refractivity contribution >= 4 is 0 Å². The molecule has 0 aromatic heterocycles. The van der Waals surface area contributed by atoms with Crippen molar-refractivity contribution in [1.29, 1.82) is 0 Å². The van der Waals surface area contributed by atoms with Crippen LogP contribution in [0, 0.1) is 5.92 Å². The van der Waals surface area contributed by atoms with Crippen LogP contribution in [0.25, 0.3) is 0 Å². The molecule has 0 radical (unpaired) electrons. The average molecular weight is 204 g/mol. The van der Waals surface area contributed by atoms with Crippen LogP contribution < -0.4 is 0 Å². The number of aliphatic hydroxyl groups is 1. The quantitative estimate of drug-likeness (QED) is 0.762. The first kappa shape index (κ1) is 10.2. The van der Waals surface area contributed by atoms with Gasteiger partial charge in [-0.25, -0.2) is 0 Å². The molecule has 0 aliphatic heterocycles. The lowest BCUT2D eigenvalue weighted by Gasteiger charge is -2.18. The lowest BCUT2D eigenvalue weighted by atomic mass is 9.98. The summed E-state index contributed by atoms with van der Waals surface area (Å²) >= 11 is 0. The summed E-state index contributed by atoms with van der Waals surface area (Å²) in [5, 5.41) is 9.97. The Labute approximate surface area is 90.2 Å². The van der Waals surface area contributed by atoms with Gasteiger partial charge in [-0.3, -0.25) is 0 Å². The SMILES string of the molecule is C=C(OC)C(O)C1Cc2ccccc2C1. The molecule has 1 unspecified atom stereocenters. The minimum Gasteiger partial charge on any atom is -0.499 e. The minimum absolute atomic E-state index is 0.217. The Morgan fingerprint density at radius 2 is 1.93 bits per heavy atom. The van der Waals surface area contributed by atoms with Gasteiger partial charge < -0.3 is 9.84 Å². The van der Waals surface area contributed by atoms with Crippen LogP contribution in [0.15, 0.2) is 36.6 Å². The Bertz CT molecular complexity index is 346. The van der Waals surface area contributed by atoms with Crippen molar-refractivity contribution in [3.8, 4) is 0 Å². The second kappa shape index (κ2) is 4.07. The van der Waals surface area contributed by atoms with Gasteiger partial charge >= 0.3 is 0 Å². The Hall–Kier alpha value is -1.28. The number of ether oxygens (including phenoxy) is 1. The molecular weight excluding hydrogens is 188 g/mol. The molecule has 0 amide bonds. The van der Waals surface area contributed by atoms with E-state index in [1.165, 1.54) is 11.1 Å². The summed E-state index contributed by atoms with van der Waals surface area (Å²) in [5.41, 5.74) is 2.68. The van der Waals surface area contributed by atoms with Crippen molar-refractivity contribution in [1.82, 2.24) is 0 Å². The highest BCUT2D eigenvalue weighted by atomic mass is 16.5. The Morgan fingerprint density at radius 1 is 1.40 bits per heavy atom. The number of aliphatic hydroxyl groups excluding tert-OH is 1. The summed E-state index contributed by atoms with van der Waals surface area (Å²) in [6.45, 7) is 3.71. The van der Waals surface area contributed by atoms with E-state index in [-0.39, 0.29) is 5.92 Å². The van der Waals surface area contributed by atoms with E-state index in [0.717, 1.165) is 12.8 Å². The normalized spacial score (nSPS) is 17.2. The second-order valence-electron chi connectivity index (χ2n) is 4.05. The van der Waals surface area contributed by atoms with Crippen LogP contribution in [0.2, 0.25) is 0 Å². The van der Waals surface area contributed by atoms with E-state index in [9.17, 15) is 5.11 Å². The molecule has 0 fully saturated rings. The second-order valence-corrected chi connectivity index (χ2v) is 4.05. The maximum Gasteiger partial charge on any atom is 0.117 e. The molecule has 1 atom stereocenters. The summed E-state index contributed by atoms with van der Waals surface area (Å²) in [6.07, 6.45) is 1.28. The van der Waals surface area contributed by atoms with E-state index in [4.69, 9.17) is 4.74 Å². The van der Waals surface area contributed by atoms with E-state index < -0.39 is 6.10 Å². The summed E-state index contributed by atoms with van der Waals surface area (Å²) in [4.78, 5) is 0. The highest BCUT2D eigenvalue weighted by Gasteiger charge is 2.29. The molecule has 1 aliphatic rings. The van der Waals surface area contributed by atoms with Gasteiger partial charge in [0.05, 0.1) is 7.11 Å². The molecule has 15 heavy (non-hydrogen) atoms. The molecular formula is C13H16O2. The fourth-order valence-corrected chi connectivity index (χ4v) is 2.20. The van der Waals surface area contributed by atoms with Crippen molar-refractivity contribution in [3.05, 3.63) is 47.7 Å². The van der Waals surface area contributed by atoms with Gasteiger partial charge in [-0.2, -0.15) is 0 Å². The molecule has 2 nitrogen and oxygen atoms in total. The number of methoxy groups -OCH3 is 1. The van der Waals surface area contributed by atoms with Crippen LogP contribution in [-0.4, -0.2) is 18.3 Å². The molecule has 0 spiro atoms. The van der Waals surface area contributed by atoms with Gasteiger partial charge in [0.25, 0.3) is 0 Å². The monoisotopic (exact) mass is 204 g/mol. The number of rotatable bonds is 3. The van der Waals surface area contributed by atoms with E-state index in [1.54, 1.807) is 7.11 Å². The van der Waals surface area contributed by atoms with Gasteiger partial charge in [0.15, 0.2) is 0 Å². The van der Waals surface area contributed by atoms with E-state index in [2.05, 4.69) is 18.7 Å². The van der Waals surface area contributed by atoms with Crippen LogP contribution in [0.4, 0.5) is 0 Å². The van der Waals surface area contributed by atoms with Crippen LogP contribution in [-0.2, 0) is 17.6 Å². The predicted octanol–water partition coefficient (Wildman–Crippen LogP) is 1.92. The van der Waals surface area contributed by atoms with Crippen molar-refractivity contribution < 1.29 is 9.84 Å². The molecule has 2 rings (SSSR count). The smallest absolute Gasteiger partial charge is 0.117 e. The maximum absolute atomic E-state index is 9.97. The average Bonchev–Trinajstić information content (AvgIpc) is 2.70. The molecule has 2 heteroatoms.